The van der Waals surface area contributed by atoms with E-state index in [9.17, 15) is 0 Å². The number of hydrogen-bond acceptors (Lipinski definition) is 4. The molecule has 2 saturated carbocycles. The molecule has 4 aliphatic rings. The van der Waals surface area contributed by atoms with Crippen molar-refractivity contribution < 1.29 is 19.5 Å². The van der Waals surface area contributed by atoms with E-state index >= 15 is 0 Å². The van der Waals surface area contributed by atoms with Crippen molar-refractivity contribution in [3.8, 4) is 0 Å². The third kappa shape index (κ3) is 12.7. The van der Waals surface area contributed by atoms with Crippen molar-refractivity contribution >= 4 is 23.0 Å². The van der Waals surface area contributed by atoms with Crippen LogP contribution in [-0.2, 0) is 49.8 Å². The second-order valence-corrected chi connectivity index (χ2v) is 22.0. The normalized spacial score (nSPS) is 24.7. The number of benzene rings is 4. The number of halogens is 1. The minimum atomic E-state index is -1.22. The van der Waals surface area contributed by atoms with Crippen LogP contribution in [0, 0.1) is 11.8 Å². The van der Waals surface area contributed by atoms with Crippen LogP contribution in [0.5, 0.6) is 0 Å². The molecule has 4 aromatic carbocycles. The highest BCUT2D eigenvalue weighted by Crippen LogP contribution is 2.60. The van der Waals surface area contributed by atoms with Gasteiger partial charge in [-0.25, -0.2) is 0 Å². The minimum absolute atomic E-state index is 0. The van der Waals surface area contributed by atoms with Crippen LogP contribution in [0.2, 0.25) is 5.31 Å². The molecule has 0 aliphatic heterocycles. The van der Waals surface area contributed by atoms with Crippen molar-refractivity contribution in [1.29, 1.82) is 0 Å². The van der Waals surface area contributed by atoms with Gasteiger partial charge >= 0.3 is 7.12 Å². The second kappa shape index (κ2) is 21.5. The highest BCUT2D eigenvalue weighted by atomic mass is 79.9. The Hall–Kier alpha value is -2.74. The molecule has 0 spiro atoms. The van der Waals surface area contributed by atoms with Crippen LogP contribution >= 0.6 is 15.9 Å². The Labute approximate surface area is 389 Å². The lowest BCUT2D eigenvalue weighted by atomic mass is 9.62. The molecule has 0 amide bonds. The van der Waals surface area contributed by atoms with Gasteiger partial charge in [0.05, 0.1) is 19.8 Å². The van der Waals surface area contributed by atoms with E-state index in [0.717, 1.165) is 25.2 Å². The molecule has 2 N–H and O–H groups in total. The van der Waals surface area contributed by atoms with Crippen LogP contribution < -0.4 is 0 Å². The fraction of sp³-hybridized carbons (Fsp3) is 0.571. The van der Waals surface area contributed by atoms with Gasteiger partial charge < -0.3 is 19.5 Å². The molecule has 0 radical (unpaired) electrons. The second-order valence-electron chi connectivity index (χ2n) is 21.1. The predicted octanol–water partition coefficient (Wildman–Crippen LogP) is 15.3. The van der Waals surface area contributed by atoms with E-state index in [-0.39, 0.29) is 51.8 Å². The summed E-state index contributed by atoms with van der Waals surface area (Å²) < 4.78 is 12.8. The lowest BCUT2D eigenvalue weighted by molar-refractivity contribution is 0.106. The molecule has 344 valence electrons. The summed E-state index contributed by atoms with van der Waals surface area (Å²) in [6, 6.07) is 34.6. The maximum absolute atomic E-state index is 9.14. The summed E-state index contributed by atoms with van der Waals surface area (Å²) >= 11 is 3.58. The molecule has 0 heterocycles. The Bertz CT molecular complexity index is 1990. The zero-order valence-electron chi connectivity index (χ0n) is 37.1. The molecule has 8 rings (SSSR count). The summed E-state index contributed by atoms with van der Waals surface area (Å²) in [4.78, 5) is 0. The zero-order chi connectivity index (χ0) is 42.1. The zero-order valence-corrected chi connectivity index (χ0v) is 38.7. The van der Waals surface area contributed by atoms with Crippen LogP contribution in [0.25, 0.3) is 0 Å². The third-order valence-corrected chi connectivity index (χ3v) is 15.1. The average molecular weight is 914 g/mol. The van der Waals surface area contributed by atoms with Gasteiger partial charge in [0.25, 0.3) is 0 Å². The largest absolute Gasteiger partial charge is 0.458 e. The van der Waals surface area contributed by atoms with Crippen molar-refractivity contribution in [2.24, 2.45) is 11.8 Å². The van der Waals surface area contributed by atoms with Gasteiger partial charge in [0.2, 0.25) is 0 Å². The first-order valence-electron chi connectivity index (χ1n) is 21.7. The molecule has 4 aromatic rings. The fourth-order valence-electron chi connectivity index (χ4n) is 9.38. The van der Waals surface area contributed by atoms with Crippen LogP contribution in [0.1, 0.15) is 176 Å². The summed E-state index contributed by atoms with van der Waals surface area (Å²) in [6.07, 6.45) is 7.19. The van der Waals surface area contributed by atoms with Crippen LogP contribution in [0.4, 0.5) is 0 Å². The maximum Gasteiger partial charge on any atom is 0.458 e. The van der Waals surface area contributed by atoms with Crippen LogP contribution in [-0.4, -0.2) is 30.4 Å². The van der Waals surface area contributed by atoms with Gasteiger partial charge in [-0.3, -0.25) is 0 Å². The van der Waals surface area contributed by atoms with E-state index < -0.39 is 7.12 Å². The molecule has 2 fully saturated rings. The lowest BCUT2D eigenvalue weighted by Crippen LogP contribution is -2.34. The first kappa shape index (κ1) is 55.4. The molecule has 0 saturated heterocycles. The Morgan fingerprint density at radius 3 is 1.35 bits per heavy atom. The summed E-state index contributed by atoms with van der Waals surface area (Å²) in [5.74, 6) is 0.912. The summed E-state index contributed by atoms with van der Waals surface area (Å²) in [7, 11) is -1.22. The van der Waals surface area contributed by atoms with Gasteiger partial charge in [-0.05, 0) is 129 Å². The summed E-state index contributed by atoms with van der Waals surface area (Å²) in [5.41, 5.74) is 11.6. The molecule has 0 bridgehead atoms. The van der Waals surface area contributed by atoms with Gasteiger partial charge in [0, 0.05) is 16.4 Å². The van der Waals surface area contributed by atoms with E-state index in [4.69, 9.17) is 19.5 Å². The molecule has 4 unspecified atom stereocenters. The van der Waals surface area contributed by atoms with Gasteiger partial charge in [-0.2, -0.15) is 0 Å². The number of hydrogen-bond donors (Lipinski definition) is 2. The van der Waals surface area contributed by atoms with E-state index in [1.165, 1.54) is 58.8 Å². The van der Waals surface area contributed by atoms with Crippen LogP contribution in [0.3, 0.4) is 0 Å². The SMILES string of the molecule is C.C.C.C.CC1(B(O)O)CC1COCc1ccccc1.CC1(C)CCC(C)(C)c2cc(Br)ccc21.CC1(C)CCC(C)(C)c2cc(C3(C)CC3COCc3ccccc3)ccc21. The van der Waals surface area contributed by atoms with Crippen molar-refractivity contribution in [2.75, 3.05) is 13.2 Å². The predicted molar refractivity (Wildman–Crippen MR) is 272 cm³/mol. The molecule has 0 aromatic heterocycles. The van der Waals surface area contributed by atoms with Gasteiger partial charge in [0.1, 0.15) is 0 Å². The molecule has 6 heteroatoms. The molecular formula is C56H86BBrO4. The van der Waals surface area contributed by atoms with Crippen molar-refractivity contribution in [2.45, 2.75) is 183 Å². The van der Waals surface area contributed by atoms with Gasteiger partial charge in [0.15, 0.2) is 0 Å². The topological polar surface area (TPSA) is 58.9 Å². The molecule has 4 atom stereocenters. The van der Waals surface area contributed by atoms with Crippen molar-refractivity contribution in [3.63, 3.8) is 0 Å². The molecule has 62 heavy (non-hydrogen) atoms. The number of fused-ring (bicyclic) bond motifs is 2. The standard InChI is InChI=1S/C26H34O.C14H19Br.C12H17BO3.4CH4/c1-24(2)13-14-25(3,4)23-15-20(11-12-22(23)24)26(5)16-21(26)18-27-17-19-9-7-6-8-10-19;1-13(2)7-8-14(3,4)12-9-10(15)5-6-11(12)13;1-12(13(14)15)7-11(12)9-16-8-10-5-3-2-4-6-10;;;;/h6-12,15,21H,13-14,16-18H2,1-5H3;5-6,9H,7-8H2,1-4H3;2-6,11,14-15H,7-9H2,1H3;4*1H4. The Balaban J connectivity index is 0.000000329. The van der Waals surface area contributed by atoms with E-state index in [0.29, 0.717) is 35.4 Å². The van der Waals surface area contributed by atoms with E-state index in [2.05, 4.69) is 145 Å². The molecule has 4 nitrogen and oxygen atoms in total. The smallest absolute Gasteiger partial charge is 0.427 e. The third-order valence-electron chi connectivity index (χ3n) is 14.6. The minimum Gasteiger partial charge on any atom is -0.427 e. The average Bonchev–Trinajstić information content (AvgIpc) is 4.07. The first-order valence-corrected chi connectivity index (χ1v) is 22.5. The van der Waals surface area contributed by atoms with Crippen molar-refractivity contribution in [1.82, 2.24) is 0 Å². The lowest BCUT2D eigenvalue weighted by Gasteiger charge is -2.42. The summed E-state index contributed by atoms with van der Waals surface area (Å²) in [6.45, 7) is 26.1. The monoisotopic (exact) mass is 913 g/mol. The molecule has 4 aliphatic carbocycles. The van der Waals surface area contributed by atoms with E-state index in [1.54, 1.807) is 11.1 Å². The highest BCUT2D eigenvalue weighted by Gasteiger charge is 2.58. The van der Waals surface area contributed by atoms with Crippen molar-refractivity contribution in [3.05, 3.63) is 140 Å². The quantitative estimate of drug-likeness (QED) is 0.156. The number of rotatable bonds is 10. The van der Waals surface area contributed by atoms with Gasteiger partial charge in [-0.1, -0.05) is 200 Å². The number of ether oxygens (including phenoxy) is 2. The Kier molecular flexibility index (Phi) is 19.2. The Morgan fingerprint density at radius 1 is 0.516 bits per heavy atom. The maximum atomic E-state index is 9.14. The summed E-state index contributed by atoms with van der Waals surface area (Å²) in [5, 5.41) is 17.9. The first-order chi connectivity index (χ1) is 27.2. The fourth-order valence-corrected chi connectivity index (χ4v) is 9.74. The highest BCUT2D eigenvalue weighted by molar-refractivity contribution is 9.10. The molecular weight excluding hydrogens is 827 g/mol. The van der Waals surface area contributed by atoms with Crippen LogP contribution in [0.15, 0.2) is 102 Å². The van der Waals surface area contributed by atoms with Gasteiger partial charge in [-0.15, -0.1) is 0 Å². The van der Waals surface area contributed by atoms with E-state index in [1.807, 2.05) is 37.3 Å². The Morgan fingerprint density at radius 2 is 0.919 bits per heavy atom.